The second kappa shape index (κ2) is 4.62. The van der Waals surface area contributed by atoms with Gasteiger partial charge in [0.2, 0.25) is 6.61 Å². The minimum atomic E-state index is -1.07. The first-order valence-corrected chi connectivity index (χ1v) is 1.78. The molecule has 0 amide bonds. The van der Waals surface area contributed by atoms with E-state index in [2.05, 4.69) is 9.68 Å². The van der Waals surface area contributed by atoms with Gasteiger partial charge in [-0.15, -0.1) is 9.81 Å². The van der Waals surface area contributed by atoms with Crippen LogP contribution in [0, 0.1) is 9.81 Å². The van der Waals surface area contributed by atoms with Crippen molar-refractivity contribution in [3.63, 3.8) is 0 Å². The lowest BCUT2D eigenvalue weighted by Crippen LogP contribution is -2.06. The van der Waals surface area contributed by atoms with E-state index in [0.717, 1.165) is 0 Å². The van der Waals surface area contributed by atoms with Crippen LogP contribution in [0.5, 0.6) is 0 Å². The highest BCUT2D eigenvalue weighted by Gasteiger charge is 2.02. The van der Waals surface area contributed by atoms with E-state index in [1.165, 1.54) is 0 Å². The van der Waals surface area contributed by atoms with Gasteiger partial charge in [-0.25, -0.2) is 4.79 Å². The van der Waals surface area contributed by atoms with Crippen molar-refractivity contribution in [2.75, 3.05) is 6.61 Å². The first-order chi connectivity index (χ1) is 4.31. The summed E-state index contributed by atoms with van der Waals surface area (Å²) in [6.07, 6.45) is 0. The molecule has 0 radical (unpaired) electrons. The van der Waals surface area contributed by atoms with Crippen LogP contribution in [0.4, 0.5) is 0 Å². The van der Waals surface area contributed by atoms with Gasteiger partial charge >= 0.3 is 5.97 Å². The second-order valence-corrected chi connectivity index (χ2v) is 0.886. The van der Waals surface area contributed by atoms with Crippen LogP contribution < -0.4 is 0 Å². The molecule has 0 aliphatic carbocycles. The Kier molecular flexibility index (Phi) is 3.84. The van der Waals surface area contributed by atoms with Crippen LogP contribution in [0.15, 0.2) is 10.7 Å². The van der Waals surface area contributed by atoms with Crippen LogP contribution in [0.3, 0.4) is 0 Å². The lowest BCUT2D eigenvalue weighted by atomic mass is 10.8. The molecule has 7 nitrogen and oxygen atoms in total. The molecule has 0 bridgehead atoms. The van der Waals surface area contributed by atoms with Gasteiger partial charge in [0.15, 0.2) is 10.7 Å². The summed E-state index contributed by atoms with van der Waals surface area (Å²) in [5.74, 6) is -1.07. The van der Waals surface area contributed by atoms with Gasteiger partial charge in [-0.05, 0) is 0 Å². The summed E-state index contributed by atoms with van der Waals surface area (Å²) in [7, 11) is 0. The highest BCUT2D eigenvalue weighted by atomic mass is 16.8. The smallest absolute Gasteiger partial charge is 0.352 e. The highest BCUT2D eigenvalue weighted by molar-refractivity contribution is 5.70. The van der Waals surface area contributed by atoms with Crippen molar-refractivity contribution in [1.29, 1.82) is 0 Å². The zero-order valence-corrected chi connectivity index (χ0v) is 4.14. The molecule has 0 fully saturated rings. The Morgan fingerprint density at radius 2 is 2.00 bits per heavy atom. The fourth-order valence-electron chi connectivity index (χ4n) is 0.147. The van der Waals surface area contributed by atoms with Crippen LogP contribution >= 0.6 is 0 Å². The summed E-state index contributed by atoms with van der Waals surface area (Å²) in [6, 6.07) is 0. The number of carbonyl (C=O) groups is 1. The molecule has 0 rings (SSSR count). The number of carbonyl (C=O) groups excluding carboxylic acids is 1. The minimum absolute atomic E-state index is 0.699. The molecular weight excluding hydrogens is 132 g/mol. The predicted molar refractivity (Wildman–Crippen MR) is 23.6 cm³/mol. The second-order valence-electron chi connectivity index (χ2n) is 0.886. The van der Waals surface area contributed by atoms with E-state index in [0.29, 0.717) is 0 Å². The van der Waals surface area contributed by atoms with Gasteiger partial charge < -0.3 is 4.84 Å². The van der Waals surface area contributed by atoms with Crippen molar-refractivity contribution >= 4 is 5.97 Å². The van der Waals surface area contributed by atoms with Crippen LogP contribution in [0.1, 0.15) is 0 Å². The van der Waals surface area contributed by atoms with Gasteiger partial charge in [0.25, 0.3) is 0 Å². The van der Waals surface area contributed by atoms with Crippen LogP contribution in [-0.2, 0) is 14.5 Å². The topological polar surface area (TPSA) is 94.4 Å². The molecule has 0 aromatic carbocycles. The van der Waals surface area contributed by atoms with Crippen LogP contribution in [0.25, 0.3) is 0 Å². The molecule has 0 N–H and O–H groups in total. The molecule has 0 aliphatic rings. The summed E-state index contributed by atoms with van der Waals surface area (Å²) < 4.78 is 0. The van der Waals surface area contributed by atoms with Crippen molar-refractivity contribution in [3.8, 4) is 0 Å². The Morgan fingerprint density at radius 1 is 1.33 bits per heavy atom. The Bertz CT molecular complexity index is 122. The van der Waals surface area contributed by atoms with Gasteiger partial charge in [-0.1, -0.05) is 0 Å². The molecule has 0 atom stereocenters. The molecule has 0 aromatic heterocycles. The number of hydrogen-bond donors (Lipinski definition) is 0. The molecule has 7 heteroatoms. The van der Waals surface area contributed by atoms with E-state index in [1.54, 1.807) is 5.34 Å². The molecule has 9 heavy (non-hydrogen) atoms. The highest BCUT2D eigenvalue weighted by Crippen LogP contribution is 1.80. The van der Waals surface area contributed by atoms with E-state index in [9.17, 15) is 4.79 Å². The summed E-state index contributed by atoms with van der Waals surface area (Å²) in [5, 5.41) is 3.63. The van der Waals surface area contributed by atoms with Crippen LogP contribution in [-0.4, -0.2) is 12.6 Å². The quantitative estimate of drug-likeness (QED) is 0.395. The molecule has 0 saturated carbocycles. The standard InChI is InChI=1S/C2H2N2O5/c5-2(9-4-7)1-8-3-6/h1H2. The van der Waals surface area contributed by atoms with E-state index in [1.807, 2.05) is 5.34 Å². The maximum atomic E-state index is 9.96. The summed E-state index contributed by atoms with van der Waals surface area (Å²) in [6.45, 7) is -0.699. The average Bonchev–Trinajstić information content (AvgIpc) is 1.85. The Morgan fingerprint density at radius 3 is 2.44 bits per heavy atom. The summed E-state index contributed by atoms with van der Waals surface area (Å²) in [5.41, 5.74) is 0. The predicted octanol–water partition coefficient (Wildman–Crippen LogP) is -0.0910. The van der Waals surface area contributed by atoms with Crippen LogP contribution in [0.2, 0.25) is 0 Å². The fraction of sp³-hybridized carbons (Fsp3) is 0.500. The van der Waals surface area contributed by atoms with E-state index in [4.69, 9.17) is 9.81 Å². The molecule has 0 spiro atoms. The van der Waals surface area contributed by atoms with E-state index in [-0.39, 0.29) is 0 Å². The van der Waals surface area contributed by atoms with Gasteiger partial charge in [-0.2, -0.15) is 0 Å². The third-order valence-corrected chi connectivity index (χ3v) is 0.374. The zero-order chi connectivity index (χ0) is 7.11. The number of nitrogens with zero attached hydrogens (tertiary/aromatic N) is 2. The first-order valence-electron chi connectivity index (χ1n) is 1.78. The lowest BCUT2D eigenvalue weighted by Gasteiger charge is -1.87. The Hall–Kier alpha value is -1.53. The first kappa shape index (κ1) is 7.47. The average molecular weight is 134 g/mol. The van der Waals surface area contributed by atoms with Crippen molar-refractivity contribution in [2.24, 2.45) is 10.7 Å². The summed E-state index contributed by atoms with van der Waals surface area (Å²) in [4.78, 5) is 35.3. The molecule has 0 saturated heterocycles. The molecule has 0 aliphatic heterocycles. The normalized spacial score (nSPS) is 7.56. The zero-order valence-electron chi connectivity index (χ0n) is 4.14. The Labute approximate surface area is 48.8 Å². The minimum Gasteiger partial charge on any atom is -0.352 e. The third kappa shape index (κ3) is 4.32. The molecule has 0 aromatic rings. The van der Waals surface area contributed by atoms with E-state index < -0.39 is 12.6 Å². The third-order valence-electron chi connectivity index (χ3n) is 0.374. The maximum absolute atomic E-state index is 9.96. The fourth-order valence-corrected chi connectivity index (χ4v) is 0.147. The number of rotatable bonds is 4. The SMILES string of the molecule is O=NOCC(=O)ON=O. The summed E-state index contributed by atoms with van der Waals surface area (Å²) >= 11 is 0. The van der Waals surface area contributed by atoms with E-state index >= 15 is 0 Å². The number of hydrogen-bond acceptors (Lipinski definition) is 7. The molecule has 0 unspecified atom stereocenters. The largest absolute Gasteiger partial charge is 0.378 e. The van der Waals surface area contributed by atoms with Gasteiger partial charge in [0.1, 0.15) is 0 Å². The van der Waals surface area contributed by atoms with Crippen molar-refractivity contribution < 1.29 is 14.5 Å². The maximum Gasteiger partial charge on any atom is 0.378 e. The molecular formula is C2H2N2O5. The van der Waals surface area contributed by atoms with Gasteiger partial charge in [-0.3, -0.25) is 4.84 Å². The van der Waals surface area contributed by atoms with Crippen molar-refractivity contribution in [2.45, 2.75) is 0 Å². The lowest BCUT2D eigenvalue weighted by molar-refractivity contribution is -0.149. The van der Waals surface area contributed by atoms with Crippen molar-refractivity contribution in [1.82, 2.24) is 0 Å². The monoisotopic (exact) mass is 134 g/mol. The van der Waals surface area contributed by atoms with Crippen molar-refractivity contribution in [3.05, 3.63) is 9.81 Å². The van der Waals surface area contributed by atoms with Gasteiger partial charge in [0.05, 0.1) is 0 Å². The molecule has 50 valence electrons. The Balaban J connectivity index is 3.26. The van der Waals surface area contributed by atoms with Gasteiger partial charge in [0, 0.05) is 0 Å². The molecule has 0 heterocycles.